The van der Waals surface area contributed by atoms with Crippen LogP contribution in [0.15, 0.2) is 71.4 Å². The second kappa shape index (κ2) is 7.91. The maximum Gasteiger partial charge on any atom is 0.158 e. The van der Waals surface area contributed by atoms with E-state index in [9.17, 15) is 0 Å². The van der Waals surface area contributed by atoms with Gasteiger partial charge in [-0.1, -0.05) is 55.1 Å². The molecule has 0 aromatic heterocycles. The van der Waals surface area contributed by atoms with Crippen molar-refractivity contribution >= 4 is 17.4 Å². The summed E-state index contributed by atoms with van der Waals surface area (Å²) in [6.45, 7) is 7.57. The summed E-state index contributed by atoms with van der Waals surface area (Å²) in [6.07, 6.45) is 1.43. The summed E-state index contributed by atoms with van der Waals surface area (Å²) >= 11 is 5.63. The molecule has 0 saturated heterocycles. The maximum absolute atomic E-state index is 5.91. The standard InChI is InChI=1S/C14H18ClN5/c1-3-18-14(20-10(2)15)12(16)13(17)19-9-11-7-5-4-6-8-11/h3-8,19H,1-2,9,16-17H2,(H,18,20)/b13-12-. The lowest BCUT2D eigenvalue weighted by molar-refractivity contribution is 0.789. The summed E-state index contributed by atoms with van der Waals surface area (Å²) in [7, 11) is 0. The largest absolute Gasteiger partial charge is 0.393 e. The molecular formula is C14H18ClN5. The Morgan fingerprint density at radius 3 is 2.50 bits per heavy atom. The summed E-state index contributed by atoms with van der Waals surface area (Å²) in [5, 5.41) is 5.86. The molecule has 1 aromatic carbocycles. The van der Waals surface area contributed by atoms with Crippen LogP contribution >= 0.6 is 11.6 Å². The zero-order chi connectivity index (χ0) is 15.0. The number of nitrogens with zero attached hydrogens (tertiary/aromatic N) is 1. The highest BCUT2D eigenvalue weighted by molar-refractivity contribution is 6.30. The Kier molecular flexibility index (Phi) is 6.19. The second-order valence-corrected chi connectivity index (χ2v) is 4.29. The highest BCUT2D eigenvalue weighted by atomic mass is 35.5. The van der Waals surface area contributed by atoms with E-state index in [4.69, 9.17) is 23.1 Å². The Morgan fingerprint density at radius 2 is 1.95 bits per heavy atom. The van der Waals surface area contributed by atoms with Gasteiger partial charge in [-0.15, -0.1) is 0 Å². The van der Waals surface area contributed by atoms with Crippen molar-refractivity contribution in [3.63, 3.8) is 0 Å². The molecule has 106 valence electrons. The Morgan fingerprint density at radius 1 is 1.30 bits per heavy atom. The van der Waals surface area contributed by atoms with Crippen LogP contribution in [-0.4, -0.2) is 5.84 Å². The predicted molar refractivity (Wildman–Crippen MR) is 84.4 cm³/mol. The minimum atomic E-state index is 0.0909. The molecule has 0 bridgehead atoms. The molecule has 0 aliphatic rings. The smallest absolute Gasteiger partial charge is 0.158 e. The number of amidine groups is 1. The van der Waals surface area contributed by atoms with Gasteiger partial charge in [0.15, 0.2) is 5.84 Å². The molecule has 0 aliphatic heterocycles. The van der Waals surface area contributed by atoms with Crippen molar-refractivity contribution in [1.82, 2.24) is 10.6 Å². The van der Waals surface area contributed by atoms with E-state index in [1.54, 1.807) is 0 Å². The van der Waals surface area contributed by atoms with E-state index in [2.05, 4.69) is 28.8 Å². The van der Waals surface area contributed by atoms with Crippen LogP contribution in [0.3, 0.4) is 0 Å². The van der Waals surface area contributed by atoms with Gasteiger partial charge < -0.3 is 22.1 Å². The van der Waals surface area contributed by atoms with Gasteiger partial charge in [0.2, 0.25) is 0 Å². The van der Waals surface area contributed by atoms with Crippen LogP contribution in [0.25, 0.3) is 0 Å². The zero-order valence-corrected chi connectivity index (χ0v) is 11.8. The van der Waals surface area contributed by atoms with E-state index in [1.165, 1.54) is 6.20 Å². The summed E-state index contributed by atoms with van der Waals surface area (Å²) in [5.74, 6) is 0.581. The number of hydrogen-bond donors (Lipinski definition) is 4. The second-order valence-electron chi connectivity index (χ2n) is 3.85. The van der Waals surface area contributed by atoms with Crippen LogP contribution in [0.5, 0.6) is 0 Å². The minimum absolute atomic E-state index is 0.0909. The molecule has 1 aromatic rings. The molecule has 6 N–H and O–H groups in total. The fourth-order valence-corrected chi connectivity index (χ4v) is 1.49. The first-order chi connectivity index (χ1) is 9.54. The van der Waals surface area contributed by atoms with Gasteiger partial charge in [-0.2, -0.15) is 0 Å². The molecule has 1 rings (SSSR count). The van der Waals surface area contributed by atoms with Crippen LogP contribution < -0.4 is 22.1 Å². The van der Waals surface area contributed by atoms with Crippen LogP contribution in [-0.2, 0) is 6.54 Å². The molecule has 0 amide bonds. The highest BCUT2D eigenvalue weighted by Crippen LogP contribution is 2.03. The Labute approximate surface area is 123 Å². The maximum atomic E-state index is 5.91. The van der Waals surface area contributed by atoms with Crippen molar-refractivity contribution in [3.05, 3.63) is 71.9 Å². The molecular weight excluding hydrogens is 274 g/mol. The topological polar surface area (TPSA) is 88.5 Å². The van der Waals surface area contributed by atoms with Crippen LogP contribution in [0.4, 0.5) is 0 Å². The lowest BCUT2D eigenvalue weighted by atomic mass is 10.2. The molecule has 0 radical (unpaired) electrons. The van der Waals surface area contributed by atoms with Gasteiger partial charge in [0.25, 0.3) is 0 Å². The molecule has 5 nitrogen and oxygen atoms in total. The number of benzene rings is 1. The first-order valence-corrected chi connectivity index (χ1v) is 6.26. The fraction of sp³-hybridized carbons (Fsp3) is 0.0714. The third-order valence-corrected chi connectivity index (χ3v) is 2.43. The number of halogens is 1. The molecule has 0 unspecified atom stereocenters. The number of nitrogens with one attached hydrogen (secondary N) is 2. The monoisotopic (exact) mass is 291 g/mol. The normalized spacial score (nSPS) is 12.3. The summed E-state index contributed by atoms with van der Waals surface area (Å²) in [5.41, 5.74) is 13.1. The Bertz CT molecular complexity index is 534. The molecule has 0 heterocycles. The molecule has 6 heteroatoms. The number of hydrogen-bond acceptors (Lipinski definition) is 4. The van der Waals surface area contributed by atoms with E-state index in [1.807, 2.05) is 30.3 Å². The average molecular weight is 292 g/mol. The zero-order valence-electron chi connectivity index (χ0n) is 11.1. The van der Waals surface area contributed by atoms with Gasteiger partial charge in [-0.05, 0) is 11.8 Å². The molecule has 0 atom stereocenters. The third kappa shape index (κ3) is 5.07. The molecule has 0 spiro atoms. The van der Waals surface area contributed by atoms with Crippen molar-refractivity contribution in [2.45, 2.75) is 6.54 Å². The predicted octanol–water partition coefficient (Wildman–Crippen LogP) is 1.70. The van der Waals surface area contributed by atoms with E-state index >= 15 is 0 Å². The van der Waals surface area contributed by atoms with Gasteiger partial charge in [0.1, 0.15) is 16.7 Å². The van der Waals surface area contributed by atoms with Crippen molar-refractivity contribution in [1.29, 1.82) is 0 Å². The van der Waals surface area contributed by atoms with Crippen molar-refractivity contribution in [2.24, 2.45) is 16.5 Å². The number of nitrogens with two attached hydrogens (primary N) is 2. The molecule has 0 saturated carbocycles. The van der Waals surface area contributed by atoms with Gasteiger partial charge in [-0.3, -0.25) is 0 Å². The van der Waals surface area contributed by atoms with Gasteiger partial charge in [-0.25, -0.2) is 4.99 Å². The van der Waals surface area contributed by atoms with Crippen LogP contribution in [0.1, 0.15) is 5.56 Å². The van der Waals surface area contributed by atoms with Crippen LogP contribution in [0.2, 0.25) is 0 Å². The molecule has 20 heavy (non-hydrogen) atoms. The van der Waals surface area contributed by atoms with E-state index < -0.39 is 0 Å². The van der Waals surface area contributed by atoms with E-state index in [0.717, 1.165) is 5.56 Å². The van der Waals surface area contributed by atoms with E-state index in [0.29, 0.717) is 12.4 Å². The van der Waals surface area contributed by atoms with Crippen molar-refractivity contribution in [2.75, 3.05) is 0 Å². The van der Waals surface area contributed by atoms with Gasteiger partial charge in [0, 0.05) is 6.54 Å². The average Bonchev–Trinajstić information content (AvgIpc) is 2.44. The fourth-order valence-electron chi connectivity index (χ4n) is 1.40. The number of rotatable bonds is 6. The lowest BCUT2D eigenvalue weighted by Crippen LogP contribution is -2.33. The molecule has 0 fully saturated rings. The Hall–Kier alpha value is -2.40. The quantitative estimate of drug-likeness (QED) is 0.365. The summed E-state index contributed by atoms with van der Waals surface area (Å²) in [6, 6.07) is 9.80. The van der Waals surface area contributed by atoms with Crippen molar-refractivity contribution in [3.8, 4) is 0 Å². The number of aliphatic imine (C=N–C) groups is 1. The Balaban J connectivity index is 2.81. The third-order valence-electron chi connectivity index (χ3n) is 2.34. The summed E-state index contributed by atoms with van der Waals surface area (Å²) < 4.78 is 0. The lowest BCUT2D eigenvalue weighted by Gasteiger charge is -2.12. The van der Waals surface area contributed by atoms with Gasteiger partial charge >= 0.3 is 0 Å². The minimum Gasteiger partial charge on any atom is -0.393 e. The van der Waals surface area contributed by atoms with Crippen LogP contribution in [0, 0.1) is 0 Å². The highest BCUT2D eigenvalue weighted by Gasteiger charge is 2.07. The van der Waals surface area contributed by atoms with Crippen molar-refractivity contribution < 1.29 is 0 Å². The molecule has 0 aliphatic carbocycles. The first-order valence-electron chi connectivity index (χ1n) is 5.88. The van der Waals surface area contributed by atoms with E-state index in [-0.39, 0.29) is 16.7 Å². The van der Waals surface area contributed by atoms with Gasteiger partial charge in [0.05, 0.1) is 0 Å². The first kappa shape index (κ1) is 15.7. The summed E-state index contributed by atoms with van der Waals surface area (Å²) in [4.78, 5) is 3.95. The SMILES string of the molecule is C=CNC(=N/C(=C)Cl)/C(N)=C(\N)NCc1ccccc1.